The number of amides is 3. The Balaban J connectivity index is 1.74. The molecule has 0 bridgehead atoms. The quantitative estimate of drug-likeness (QED) is 0.633. The van der Waals surface area contributed by atoms with E-state index in [9.17, 15) is 14.4 Å². The van der Waals surface area contributed by atoms with E-state index in [-0.39, 0.29) is 42.6 Å². The van der Waals surface area contributed by atoms with Crippen molar-refractivity contribution in [2.45, 2.75) is 53.4 Å². The lowest BCUT2D eigenvalue weighted by Gasteiger charge is -2.19. The number of anilines is 1. The second kappa shape index (κ2) is 10.2. The van der Waals surface area contributed by atoms with Gasteiger partial charge in [0.2, 0.25) is 11.8 Å². The highest BCUT2D eigenvalue weighted by molar-refractivity contribution is 5.96. The number of rotatable bonds is 7. The zero-order chi connectivity index (χ0) is 23.2. The third-order valence-corrected chi connectivity index (χ3v) is 5.04. The summed E-state index contributed by atoms with van der Waals surface area (Å²) in [6, 6.07) is 11.5. The minimum absolute atomic E-state index is 0.0240. The standard InChI is InChI=1S/C25H33N3O3/c1-16-13-17(2)23(18(3)14-16)28-22(30)15-27-21(29)11-12-26-24(31)19-7-9-20(10-8-19)25(4,5)6/h7-10,13-14H,11-12,15H2,1-6H3,(H,26,31)(H,27,29)(H,28,30). The van der Waals surface area contributed by atoms with Crippen LogP contribution < -0.4 is 16.0 Å². The molecule has 0 spiro atoms. The van der Waals surface area contributed by atoms with Crippen LogP contribution in [0.25, 0.3) is 0 Å². The fourth-order valence-corrected chi connectivity index (χ4v) is 3.34. The Hall–Kier alpha value is -3.15. The summed E-state index contributed by atoms with van der Waals surface area (Å²) >= 11 is 0. The first-order chi connectivity index (χ1) is 14.5. The normalized spacial score (nSPS) is 11.0. The topological polar surface area (TPSA) is 87.3 Å². The molecule has 166 valence electrons. The number of carbonyl (C=O) groups is 3. The van der Waals surface area contributed by atoms with Crippen LogP contribution in [0.4, 0.5) is 5.69 Å². The van der Waals surface area contributed by atoms with E-state index >= 15 is 0 Å². The van der Waals surface area contributed by atoms with Gasteiger partial charge < -0.3 is 16.0 Å². The molecular formula is C25H33N3O3. The van der Waals surface area contributed by atoms with Crippen molar-refractivity contribution < 1.29 is 14.4 Å². The summed E-state index contributed by atoms with van der Waals surface area (Å²) < 4.78 is 0. The van der Waals surface area contributed by atoms with E-state index < -0.39 is 0 Å². The zero-order valence-electron chi connectivity index (χ0n) is 19.3. The fraction of sp³-hybridized carbons (Fsp3) is 0.400. The van der Waals surface area contributed by atoms with Gasteiger partial charge in [0.15, 0.2) is 0 Å². The van der Waals surface area contributed by atoms with Gasteiger partial charge >= 0.3 is 0 Å². The number of benzene rings is 2. The van der Waals surface area contributed by atoms with Crippen LogP contribution in [0.2, 0.25) is 0 Å². The van der Waals surface area contributed by atoms with Crippen LogP contribution in [-0.4, -0.2) is 30.8 Å². The van der Waals surface area contributed by atoms with Gasteiger partial charge in [-0.25, -0.2) is 0 Å². The second-order valence-corrected chi connectivity index (χ2v) is 8.93. The number of nitrogens with one attached hydrogen (secondary N) is 3. The van der Waals surface area contributed by atoms with Crippen molar-refractivity contribution in [1.29, 1.82) is 0 Å². The molecule has 3 amide bonds. The van der Waals surface area contributed by atoms with E-state index in [2.05, 4.69) is 36.7 Å². The van der Waals surface area contributed by atoms with Crippen LogP contribution >= 0.6 is 0 Å². The van der Waals surface area contributed by atoms with Crippen LogP contribution in [0.1, 0.15) is 59.8 Å². The summed E-state index contributed by atoms with van der Waals surface area (Å²) in [5.41, 5.74) is 5.60. The first kappa shape index (κ1) is 24.1. The van der Waals surface area contributed by atoms with Crippen LogP contribution in [0, 0.1) is 20.8 Å². The number of carbonyl (C=O) groups excluding carboxylic acids is 3. The molecule has 0 saturated carbocycles. The highest BCUT2D eigenvalue weighted by atomic mass is 16.2. The second-order valence-electron chi connectivity index (χ2n) is 8.93. The van der Waals surface area contributed by atoms with Crippen molar-refractivity contribution >= 4 is 23.4 Å². The van der Waals surface area contributed by atoms with Crippen LogP contribution in [0.15, 0.2) is 36.4 Å². The van der Waals surface area contributed by atoms with Crippen LogP contribution in [-0.2, 0) is 15.0 Å². The molecule has 6 nitrogen and oxygen atoms in total. The van der Waals surface area contributed by atoms with Gasteiger partial charge in [-0.1, -0.05) is 50.6 Å². The summed E-state index contributed by atoms with van der Waals surface area (Å²) in [5, 5.41) is 8.17. The summed E-state index contributed by atoms with van der Waals surface area (Å²) in [6.07, 6.45) is 0.0989. The molecule has 0 atom stereocenters. The Labute approximate surface area is 184 Å². The van der Waals surface area contributed by atoms with E-state index in [4.69, 9.17) is 0 Å². The maximum atomic E-state index is 12.2. The lowest BCUT2D eigenvalue weighted by atomic mass is 9.87. The van der Waals surface area contributed by atoms with Gasteiger partial charge in [0, 0.05) is 24.2 Å². The Morgan fingerprint density at radius 2 is 1.42 bits per heavy atom. The molecular weight excluding hydrogens is 390 g/mol. The lowest BCUT2D eigenvalue weighted by molar-refractivity contribution is -0.124. The van der Waals surface area contributed by atoms with Crippen molar-refractivity contribution in [1.82, 2.24) is 10.6 Å². The van der Waals surface area contributed by atoms with Crippen molar-refractivity contribution in [3.63, 3.8) is 0 Å². The third kappa shape index (κ3) is 7.24. The molecule has 0 heterocycles. The fourth-order valence-electron chi connectivity index (χ4n) is 3.34. The smallest absolute Gasteiger partial charge is 0.251 e. The van der Waals surface area contributed by atoms with Crippen molar-refractivity contribution in [2.24, 2.45) is 0 Å². The molecule has 0 aliphatic rings. The van der Waals surface area contributed by atoms with Crippen LogP contribution in [0.5, 0.6) is 0 Å². The van der Waals surface area contributed by atoms with Gasteiger partial charge in [0.1, 0.15) is 0 Å². The Bertz CT molecular complexity index is 934. The Morgan fingerprint density at radius 3 is 1.97 bits per heavy atom. The van der Waals surface area contributed by atoms with Gasteiger partial charge in [-0.2, -0.15) is 0 Å². The largest absolute Gasteiger partial charge is 0.352 e. The zero-order valence-corrected chi connectivity index (χ0v) is 19.3. The number of hydrogen-bond donors (Lipinski definition) is 3. The molecule has 0 unspecified atom stereocenters. The Morgan fingerprint density at radius 1 is 0.839 bits per heavy atom. The predicted octanol–water partition coefficient (Wildman–Crippen LogP) is 3.78. The lowest BCUT2D eigenvalue weighted by Crippen LogP contribution is -2.35. The van der Waals surface area contributed by atoms with Gasteiger partial charge in [-0.05, 0) is 55.0 Å². The van der Waals surface area contributed by atoms with E-state index in [1.165, 1.54) is 0 Å². The van der Waals surface area contributed by atoms with Crippen molar-refractivity contribution in [3.8, 4) is 0 Å². The van der Waals surface area contributed by atoms with Gasteiger partial charge in [0.05, 0.1) is 6.54 Å². The van der Waals surface area contributed by atoms with Crippen molar-refractivity contribution in [3.05, 3.63) is 64.2 Å². The molecule has 31 heavy (non-hydrogen) atoms. The summed E-state index contributed by atoms with van der Waals surface area (Å²) in [4.78, 5) is 36.4. The SMILES string of the molecule is Cc1cc(C)c(NC(=O)CNC(=O)CCNC(=O)c2ccc(C(C)(C)C)cc2)c(C)c1. The Kier molecular flexibility index (Phi) is 7.97. The average Bonchev–Trinajstić information content (AvgIpc) is 2.68. The molecule has 0 fully saturated rings. The molecule has 3 N–H and O–H groups in total. The minimum atomic E-state index is -0.295. The van der Waals surface area contributed by atoms with E-state index in [1.54, 1.807) is 12.1 Å². The highest BCUT2D eigenvalue weighted by Crippen LogP contribution is 2.22. The summed E-state index contributed by atoms with van der Waals surface area (Å²) in [7, 11) is 0. The molecule has 0 aliphatic carbocycles. The van der Waals surface area contributed by atoms with E-state index in [0.29, 0.717) is 5.56 Å². The molecule has 0 aromatic heterocycles. The maximum absolute atomic E-state index is 12.2. The first-order valence-corrected chi connectivity index (χ1v) is 10.5. The number of aryl methyl sites for hydroxylation is 3. The third-order valence-electron chi connectivity index (χ3n) is 5.04. The summed E-state index contributed by atoms with van der Waals surface area (Å²) in [5.74, 6) is -0.807. The minimum Gasteiger partial charge on any atom is -0.352 e. The maximum Gasteiger partial charge on any atom is 0.251 e. The van der Waals surface area contributed by atoms with E-state index in [0.717, 1.165) is 27.9 Å². The molecule has 2 aromatic carbocycles. The average molecular weight is 424 g/mol. The molecule has 6 heteroatoms. The van der Waals surface area contributed by atoms with Gasteiger partial charge in [-0.3, -0.25) is 14.4 Å². The van der Waals surface area contributed by atoms with Gasteiger partial charge in [0.25, 0.3) is 5.91 Å². The monoisotopic (exact) mass is 423 g/mol. The predicted molar refractivity (Wildman–Crippen MR) is 124 cm³/mol. The highest BCUT2D eigenvalue weighted by Gasteiger charge is 2.14. The molecule has 0 aliphatic heterocycles. The van der Waals surface area contributed by atoms with E-state index in [1.807, 2.05) is 45.0 Å². The molecule has 0 saturated heterocycles. The molecule has 2 rings (SSSR count). The van der Waals surface area contributed by atoms with Gasteiger partial charge in [-0.15, -0.1) is 0 Å². The van der Waals surface area contributed by atoms with Crippen molar-refractivity contribution in [2.75, 3.05) is 18.4 Å². The molecule has 0 radical (unpaired) electrons. The number of hydrogen-bond acceptors (Lipinski definition) is 3. The first-order valence-electron chi connectivity index (χ1n) is 10.5. The molecule has 2 aromatic rings. The summed E-state index contributed by atoms with van der Waals surface area (Å²) in [6.45, 7) is 12.3. The van der Waals surface area contributed by atoms with Crippen LogP contribution in [0.3, 0.4) is 0 Å².